The lowest BCUT2D eigenvalue weighted by atomic mass is 9.94. The summed E-state index contributed by atoms with van der Waals surface area (Å²) in [5.41, 5.74) is 2.81. The van der Waals surface area contributed by atoms with Crippen LogP contribution < -0.4 is 4.74 Å². The van der Waals surface area contributed by atoms with Gasteiger partial charge in [0.15, 0.2) is 0 Å². The van der Waals surface area contributed by atoms with Gasteiger partial charge in [-0.3, -0.25) is 0 Å². The number of rotatable bonds is 6. The molecular weight excluding hydrogens is 280 g/mol. The van der Waals surface area contributed by atoms with Gasteiger partial charge in [0, 0.05) is 5.88 Å². The summed E-state index contributed by atoms with van der Waals surface area (Å²) in [7, 11) is 1.70. The first-order chi connectivity index (χ1) is 10.3. The first-order valence-electron chi connectivity index (χ1n) is 7.55. The maximum atomic E-state index is 6.24. The molecule has 0 aliphatic heterocycles. The molecule has 1 saturated carbocycles. The largest absolute Gasteiger partial charge is 0.497 e. The van der Waals surface area contributed by atoms with E-state index in [-0.39, 0.29) is 0 Å². The molecule has 0 N–H and O–H groups in total. The second kappa shape index (κ2) is 6.53. The monoisotopic (exact) mass is 300 g/mol. The Hall–Kier alpha value is -1.47. The van der Waals surface area contributed by atoms with E-state index in [4.69, 9.17) is 16.3 Å². The van der Waals surface area contributed by atoms with Gasteiger partial charge in [-0.05, 0) is 53.9 Å². The summed E-state index contributed by atoms with van der Waals surface area (Å²) < 4.78 is 5.21. The quantitative estimate of drug-likeness (QED) is 0.690. The summed E-state index contributed by atoms with van der Waals surface area (Å²) >= 11 is 6.24. The number of methoxy groups -OCH3 is 1. The molecule has 0 radical (unpaired) electrons. The van der Waals surface area contributed by atoms with E-state index in [1.165, 1.54) is 17.5 Å². The van der Waals surface area contributed by atoms with Crippen molar-refractivity contribution in [1.82, 2.24) is 0 Å². The van der Waals surface area contributed by atoms with Crippen molar-refractivity contribution in [3.05, 3.63) is 65.7 Å². The Bertz CT molecular complexity index is 564. The highest BCUT2D eigenvalue weighted by Gasteiger charge is 2.43. The Balaban J connectivity index is 1.64. The van der Waals surface area contributed by atoms with E-state index in [1.807, 2.05) is 12.1 Å². The number of benzene rings is 2. The molecule has 2 heteroatoms. The van der Waals surface area contributed by atoms with E-state index in [0.717, 1.165) is 24.0 Å². The van der Waals surface area contributed by atoms with Crippen LogP contribution in [0.2, 0.25) is 0 Å². The third-order valence-electron chi connectivity index (χ3n) is 4.53. The van der Waals surface area contributed by atoms with Crippen LogP contribution in [0.4, 0.5) is 0 Å². The Morgan fingerprint density at radius 3 is 2.43 bits per heavy atom. The molecule has 2 aromatic carbocycles. The topological polar surface area (TPSA) is 9.23 Å². The molecule has 0 bridgehead atoms. The van der Waals surface area contributed by atoms with Gasteiger partial charge in [0.25, 0.3) is 0 Å². The summed E-state index contributed by atoms with van der Waals surface area (Å²) in [6.45, 7) is 0. The first kappa shape index (κ1) is 14.5. The van der Waals surface area contributed by atoms with Gasteiger partial charge in [0.1, 0.15) is 5.75 Å². The second-order valence-corrected chi connectivity index (χ2v) is 6.19. The molecule has 1 nitrogen and oxygen atoms in total. The van der Waals surface area contributed by atoms with Crippen LogP contribution in [0.15, 0.2) is 54.6 Å². The zero-order valence-corrected chi connectivity index (χ0v) is 13.1. The van der Waals surface area contributed by atoms with Gasteiger partial charge in [-0.2, -0.15) is 0 Å². The molecule has 21 heavy (non-hydrogen) atoms. The Morgan fingerprint density at radius 2 is 1.81 bits per heavy atom. The maximum Gasteiger partial charge on any atom is 0.118 e. The first-order valence-corrected chi connectivity index (χ1v) is 8.09. The van der Waals surface area contributed by atoms with Crippen molar-refractivity contribution in [2.45, 2.75) is 18.8 Å². The molecule has 110 valence electrons. The lowest BCUT2D eigenvalue weighted by Crippen LogP contribution is -2.10. The molecule has 1 fully saturated rings. The van der Waals surface area contributed by atoms with Crippen LogP contribution >= 0.6 is 11.6 Å². The van der Waals surface area contributed by atoms with Crippen LogP contribution in [-0.2, 0) is 6.42 Å². The predicted octanol–water partition coefficient (Wildman–Crippen LogP) is 4.90. The van der Waals surface area contributed by atoms with Gasteiger partial charge in [0.05, 0.1) is 7.11 Å². The van der Waals surface area contributed by atoms with Crippen LogP contribution in [0.25, 0.3) is 0 Å². The summed E-state index contributed by atoms with van der Waals surface area (Å²) in [4.78, 5) is 0. The minimum absolute atomic E-state index is 0.560. The third-order valence-corrected chi connectivity index (χ3v) is 4.92. The van der Waals surface area contributed by atoms with E-state index in [1.54, 1.807) is 7.11 Å². The molecule has 1 aliphatic carbocycles. The van der Waals surface area contributed by atoms with Crippen LogP contribution in [0.1, 0.15) is 23.5 Å². The van der Waals surface area contributed by atoms with E-state index in [9.17, 15) is 0 Å². The van der Waals surface area contributed by atoms with Gasteiger partial charge in [-0.25, -0.2) is 0 Å². The van der Waals surface area contributed by atoms with Crippen LogP contribution in [-0.4, -0.2) is 13.0 Å². The van der Waals surface area contributed by atoms with Gasteiger partial charge < -0.3 is 4.74 Å². The van der Waals surface area contributed by atoms with Crippen molar-refractivity contribution in [1.29, 1.82) is 0 Å². The molecule has 0 amide bonds. The molecule has 3 rings (SSSR count). The van der Waals surface area contributed by atoms with Gasteiger partial charge in [-0.1, -0.05) is 42.5 Å². The number of ether oxygens (including phenoxy) is 1. The van der Waals surface area contributed by atoms with Crippen molar-refractivity contribution in [2.24, 2.45) is 11.8 Å². The highest BCUT2D eigenvalue weighted by atomic mass is 35.5. The minimum Gasteiger partial charge on any atom is -0.497 e. The molecule has 0 spiro atoms. The standard InChI is InChI=1S/C19H21ClO/c1-21-17-9-7-14(8-10-17)11-16(13-20)19-12-18(19)15-5-3-2-4-6-15/h2-10,16,18-19H,11-13H2,1H3. The van der Waals surface area contributed by atoms with Crippen molar-refractivity contribution in [2.75, 3.05) is 13.0 Å². The molecule has 1 aliphatic rings. The second-order valence-electron chi connectivity index (χ2n) is 5.88. The van der Waals surface area contributed by atoms with Crippen LogP contribution in [0.5, 0.6) is 5.75 Å². The number of alkyl halides is 1. The normalized spacial score (nSPS) is 21.8. The highest BCUT2D eigenvalue weighted by molar-refractivity contribution is 6.18. The number of hydrogen-bond donors (Lipinski definition) is 0. The van der Waals surface area contributed by atoms with Crippen molar-refractivity contribution < 1.29 is 4.74 Å². The molecular formula is C19H21ClO. The molecule has 0 heterocycles. The smallest absolute Gasteiger partial charge is 0.118 e. The van der Waals surface area contributed by atoms with E-state index in [0.29, 0.717) is 11.8 Å². The summed E-state index contributed by atoms with van der Waals surface area (Å²) in [6.07, 6.45) is 2.33. The number of halogens is 1. The van der Waals surface area contributed by atoms with Crippen molar-refractivity contribution in [3.8, 4) is 5.75 Å². The Morgan fingerprint density at radius 1 is 1.10 bits per heavy atom. The van der Waals surface area contributed by atoms with Crippen LogP contribution in [0.3, 0.4) is 0 Å². The average Bonchev–Trinajstić information content (AvgIpc) is 3.34. The summed E-state index contributed by atoms with van der Waals surface area (Å²) in [6, 6.07) is 19.2. The molecule has 3 atom stereocenters. The van der Waals surface area contributed by atoms with Gasteiger partial charge in [0.2, 0.25) is 0 Å². The SMILES string of the molecule is COc1ccc(CC(CCl)C2CC2c2ccccc2)cc1. The van der Waals surface area contributed by atoms with E-state index in [2.05, 4.69) is 42.5 Å². The minimum atomic E-state index is 0.560. The fraction of sp³-hybridized carbons (Fsp3) is 0.368. The van der Waals surface area contributed by atoms with Crippen molar-refractivity contribution >= 4 is 11.6 Å². The van der Waals surface area contributed by atoms with Crippen molar-refractivity contribution in [3.63, 3.8) is 0 Å². The van der Waals surface area contributed by atoms with E-state index < -0.39 is 0 Å². The lowest BCUT2D eigenvalue weighted by molar-refractivity contribution is 0.414. The highest BCUT2D eigenvalue weighted by Crippen LogP contribution is 2.52. The average molecular weight is 301 g/mol. The lowest BCUT2D eigenvalue weighted by Gasteiger charge is -2.14. The zero-order chi connectivity index (χ0) is 14.7. The number of hydrogen-bond acceptors (Lipinski definition) is 1. The fourth-order valence-electron chi connectivity index (χ4n) is 3.20. The zero-order valence-electron chi connectivity index (χ0n) is 12.3. The summed E-state index contributed by atoms with van der Waals surface area (Å²) in [5.74, 6) is 3.64. The summed E-state index contributed by atoms with van der Waals surface area (Å²) in [5, 5.41) is 0. The fourth-order valence-corrected chi connectivity index (χ4v) is 3.54. The molecule has 3 unspecified atom stereocenters. The Labute approximate surface area is 131 Å². The third kappa shape index (κ3) is 3.41. The maximum absolute atomic E-state index is 6.24. The molecule has 0 aromatic heterocycles. The van der Waals surface area contributed by atoms with E-state index >= 15 is 0 Å². The van der Waals surface area contributed by atoms with Gasteiger partial charge >= 0.3 is 0 Å². The van der Waals surface area contributed by atoms with Crippen LogP contribution in [0, 0.1) is 11.8 Å². The predicted molar refractivity (Wildman–Crippen MR) is 88.2 cm³/mol. The van der Waals surface area contributed by atoms with Gasteiger partial charge in [-0.15, -0.1) is 11.6 Å². The Kier molecular flexibility index (Phi) is 4.50. The molecule has 2 aromatic rings. The molecule has 0 saturated heterocycles.